The third kappa shape index (κ3) is 4.38. The number of amides is 1. The van der Waals surface area contributed by atoms with E-state index >= 15 is 0 Å². The Kier molecular flexibility index (Phi) is 5.33. The van der Waals surface area contributed by atoms with Gasteiger partial charge in [-0.25, -0.2) is 0 Å². The van der Waals surface area contributed by atoms with Crippen molar-refractivity contribution in [2.75, 3.05) is 0 Å². The van der Waals surface area contributed by atoms with Gasteiger partial charge in [0.2, 0.25) is 5.91 Å². The third-order valence-electron chi connectivity index (χ3n) is 4.35. The average molecular weight is 337 g/mol. The minimum absolute atomic E-state index is 0.0195. The Balaban J connectivity index is 1.58. The van der Waals surface area contributed by atoms with Crippen molar-refractivity contribution >= 4 is 5.91 Å². The highest BCUT2D eigenvalue weighted by molar-refractivity contribution is 5.76. The molecule has 3 aromatic rings. The van der Waals surface area contributed by atoms with Crippen LogP contribution in [-0.4, -0.2) is 15.7 Å². The summed E-state index contributed by atoms with van der Waals surface area (Å²) in [6.45, 7) is 5.27. The quantitative estimate of drug-likeness (QED) is 0.719. The Labute approximate surface area is 147 Å². The van der Waals surface area contributed by atoms with Crippen LogP contribution in [0.4, 0.5) is 0 Å². The van der Waals surface area contributed by atoms with Gasteiger partial charge in [-0.2, -0.15) is 5.10 Å². The molecule has 2 heterocycles. The van der Waals surface area contributed by atoms with Gasteiger partial charge in [0.05, 0.1) is 18.5 Å². The van der Waals surface area contributed by atoms with E-state index in [4.69, 9.17) is 4.42 Å². The molecule has 130 valence electrons. The summed E-state index contributed by atoms with van der Waals surface area (Å²) in [5.41, 5.74) is 4.34. The van der Waals surface area contributed by atoms with Crippen LogP contribution in [0.25, 0.3) is 0 Å². The maximum atomic E-state index is 12.1. The molecule has 0 unspecified atom stereocenters. The second-order valence-corrected chi connectivity index (χ2v) is 6.15. The van der Waals surface area contributed by atoms with Crippen LogP contribution in [0, 0.1) is 13.8 Å². The second-order valence-electron chi connectivity index (χ2n) is 6.15. The molecule has 1 amide bonds. The van der Waals surface area contributed by atoms with Crippen molar-refractivity contribution < 1.29 is 9.21 Å². The maximum Gasteiger partial charge on any atom is 0.220 e. The van der Waals surface area contributed by atoms with Gasteiger partial charge in [0, 0.05) is 30.6 Å². The van der Waals surface area contributed by atoms with E-state index in [0.29, 0.717) is 19.4 Å². The molecule has 2 aromatic heterocycles. The molecule has 0 saturated carbocycles. The fourth-order valence-electron chi connectivity index (χ4n) is 2.87. The first-order chi connectivity index (χ1) is 12.1. The fraction of sp³-hybridized carbons (Fsp3) is 0.300. The number of nitrogens with one attached hydrogen (secondary N) is 1. The molecule has 5 heteroatoms. The number of rotatable bonds is 7. The van der Waals surface area contributed by atoms with E-state index in [1.54, 1.807) is 6.26 Å². The van der Waals surface area contributed by atoms with Gasteiger partial charge in [0.1, 0.15) is 5.76 Å². The Morgan fingerprint density at radius 3 is 2.68 bits per heavy atom. The van der Waals surface area contributed by atoms with Crippen LogP contribution in [0.5, 0.6) is 0 Å². The first-order valence-electron chi connectivity index (χ1n) is 8.49. The van der Waals surface area contributed by atoms with Gasteiger partial charge >= 0.3 is 0 Å². The average Bonchev–Trinajstić information content (AvgIpc) is 3.22. The van der Waals surface area contributed by atoms with Crippen molar-refractivity contribution in [3.8, 4) is 0 Å². The van der Waals surface area contributed by atoms with Crippen LogP contribution in [0.15, 0.2) is 53.1 Å². The number of aryl methyl sites for hydroxylation is 2. The zero-order valence-electron chi connectivity index (χ0n) is 14.7. The van der Waals surface area contributed by atoms with Gasteiger partial charge in [-0.15, -0.1) is 0 Å². The topological polar surface area (TPSA) is 60.1 Å². The number of carbonyl (C=O) groups excluding carboxylic acids is 1. The molecule has 0 spiro atoms. The number of aromatic nitrogens is 2. The molecule has 5 nitrogen and oxygen atoms in total. The van der Waals surface area contributed by atoms with Gasteiger partial charge < -0.3 is 9.73 Å². The predicted molar refractivity (Wildman–Crippen MR) is 96.1 cm³/mol. The summed E-state index contributed by atoms with van der Waals surface area (Å²) in [6, 6.07) is 14.0. The van der Waals surface area contributed by atoms with Crippen LogP contribution >= 0.6 is 0 Å². The lowest BCUT2D eigenvalue weighted by Gasteiger charge is -2.07. The van der Waals surface area contributed by atoms with Crippen LogP contribution in [0.1, 0.15) is 34.7 Å². The van der Waals surface area contributed by atoms with E-state index in [2.05, 4.69) is 22.5 Å². The van der Waals surface area contributed by atoms with Crippen LogP contribution in [0.2, 0.25) is 0 Å². The summed E-state index contributed by atoms with van der Waals surface area (Å²) < 4.78 is 7.25. The highest BCUT2D eigenvalue weighted by Crippen LogP contribution is 2.15. The summed E-state index contributed by atoms with van der Waals surface area (Å²) in [4.78, 5) is 12.1. The van der Waals surface area contributed by atoms with Crippen molar-refractivity contribution in [1.82, 2.24) is 15.1 Å². The lowest BCUT2D eigenvalue weighted by atomic mass is 10.2. The lowest BCUT2D eigenvalue weighted by Crippen LogP contribution is -2.23. The number of hydrogen-bond acceptors (Lipinski definition) is 3. The normalized spacial score (nSPS) is 10.8. The Morgan fingerprint density at radius 1 is 1.16 bits per heavy atom. The molecule has 25 heavy (non-hydrogen) atoms. The smallest absolute Gasteiger partial charge is 0.220 e. The predicted octanol–water partition coefficient (Wildman–Crippen LogP) is 3.39. The Hall–Kier alpha value is -2.82. The number of benzene rings is 1. The summed E-state index contributed by atoms with van der Waals surface area (Å²) in [6.07, 6.45) is 2.66. The molecular formula is C20H23N3O2. The summed E-state index contributed by atoms with van der Waals surface area (Å²) in [5, 5.41) is 7.61. The van der Waals surface area contributed by atoms with Crippen LogP contribution < -0.4 is 5.32 Å². The summed E-state index contributed by atoms with van der Waals surface area (Å²) in [7, 11) is 0. The highest BCUT2D eigenvalue weighted by Gasteiger charge is 2.13. The molecule has 0 aliphatic heterocycles. The molecule has 0 aliphatic rings. The zero-order valence-corrected chi connectivity index (χ0v) is 14.7. The number of furan rings is 1. The van der Waals surface area contributed by atoms with Crippen LogP contribution in [0.3, 0.4) is 0 Å². The van der Waals surface area contributed by atoms with E-state index < -0.39 is 0 Å². The van der Waals surface area contributed by atoms with Crippen molar-refractivity contribution in [2.45, 2.75) is 39.8 Å². The molecule has 0 bridgehead atoms. The van der Waals surface area contributed by atoms with Crippen molar-refractivity contribution in [1.29, 1.82) is 0 Å². The number of hydrogen-bond donors (Lipinski definition) is 1. The molecular weight excluding hydrogens is 314 g/mol. The third-order valence-corrected chi connectivity index (χ3v) is 4.35. The Bertz CT molecular complexity index is 820. The first kappa shape index (κ1) is 17.0. The molecule has 0 aliphatic carbocycles. The monoisotopic (exact) mass is 337 g/mol. The molecule has 0 saturated heterocycles. The molecule has 0 radical (unpaired) electrons. The molecule has 3 rings (SSSR count). The lowest BCUT2D eigenvalue weighted by molar-refractivity contribution is -0.121. The zero-order chi connectivity index (χ0) is 17.6. The minimum atomic E-state index is 0.0195. The SMILES string of the molecule is Cc1nn(Cc2ccccc2)c(C)c1CNC(=O)CCc1ccco1. The molecule has 0 fully saturated rings. The van der Waals surface area contributed by atoms with E-state index in [-0.39, 0.29) is 5.91 Å². The van der Waals surface area contributed by atoms with Gasteiger partial charge in [-0.3, -0.25) is 9.48 Å². The van der Waals surface area contributed by atoms with Gasteiger partial charge in [-0.05, 0) is 31.5 Å². The van der Waals surface area contributed by atoms with E-state index in [1.807, 2.05) is 48.9 Å². The second kappa shape index (κ2) is 7.83. The highest BCUT2D eigenvalue weighted by atomic mass is 16.3. The van der Waals surface area contributed by atoms with E-state index in [0.717, 1.165) is 29.3 Å². The van der Waals surface area contributed by atoms with E-state index in [9.17, 15) is 4.79 Å². The molecule has 0 atom stereocenters. The summed E-state index contributed by atoms with van der Waals surface area (Å²) in [5.74, 6) is 0.851. The number of nitrogens with zero attached hydrogens (tertiary/aromatic N) is 2. The summed E-state index contributed by atoms with van der Waals surface area (Å²) >= 11 is 0. The van der Waals surface area contributed by atoms with E-state index in [1.165, 1.54) is 5.56 Å². The van der Waals surface area contributed by atoms with Gasteiger partial charge in [0.15, 0.2) is 0 Å². The van der Waals surface area contributed by atoms with Crippen molar-refractivity contribution in [2.24, 2.45) is 0 Å². The van der Waals surface area contributed by atoms with Crippen LogP contribution in [-0.2, 0) is 24.3 Å². The molecule has 1 N–H and O–H groups in total. The molecule has 1 aromatic carbocycles. The standard InChI is InChI=1S/C20H23N3O2/c1-15-19(13-21-20(24)11-10-18-9-6-12-25-18)16(2)23(22-15)14-17-7-4-3-5-8-17/h3-9,12H,10-11,13-14H2,1-2H3,(H,21,24). The Morgan fingerprint density at radius 2 is 1.96 bits per heavy atom. The number of carbonyl (C=O) groups is 1. The largest absolute Gasteiger partial charge is 0.469 e. The maximum absolute atomic E-state index is 12.1. The minimum Gasteiger partial charge on any atom is -0.469 e. The van der Waals surface area contributed by atoms with Gasteiger partial charge in [-0.1, -0.05) is 30.3 Å². The van der Waals surface area contributed by atoms with Gasteiger partial charge in [0.25, 0.3) is 0 Å². The van der Waals surface area contributed by atoms with Crippen molar-refractivity contribution in [3.05, 3.63) is 77.0 Å². The fourth-order valence-corrected chi connectivity index (χ4v) is 2.87. The first-order valence-corrected chi connectivity index (χ1v) is 8.49. The van der Waals surface area contributed by atoms with Crippen molar-refractivity contribution in [3.63, 3.8) is 0 Å².